The molecule has 0 amide bonds. The second-order valence-electron chi connectivity index (χ2n) is 3.88. The molecule has 0 atom stereocenters. The number of hydrogen-bond donors (Lipinski definition) is 1. The minimum atomic E-state index is 0.524. The van der Waals surface area contributed by atoms with Crippen LogP contribution in [-0.2, 0) is 5.75 Å². The smallest absolute Gasteiger partial charge is 0.203 e. The van der Waals surface area contributed by atoms with Crippen molar-refractivity contribution >= 4 is 39.0 Å². The molecule has 3 nitrogen and oxygen atoms in total. The van der Waals surface area contributed by atoms with Crippen LogP contribution in [0.4, 0.5) is 5.13 Å². The van der Waals surface area contributed by atoms with E-state index in [0.29, 0.717) is 5.13 Å². The summed E-state index contributed by atoms with van der Waals surface area (Å²) in [5, 5.41) is 10.9. The lowest BCUT2D eigenvalue weighted by molar-refractivity contribution is 1.02. The molecule has 0 spiro atoms. The molecule has 1 heterocycles. The first-order valence-corrected chi connectivity index (χ1v) is 7.31. The molecular weight excluding hydrogens is 262 g/mol. The standard InChI is InChI=1S/C13H11N3S2/c14-12-15-16-13(18-12)17-8-9-5-6-10-3-1-2-4-11(10)7-9/h1-7H,8H2,(H2,14,15). The molecule has 0 unspecified atom stereocenters. The minimum absolute atomic E-state index is 0.524. The fourth-order valence-electron chi connectivity index (χ4n) is 1.75. The van der Waals surface area contributed by atoms with E-state index in [2.05, 4.69) is 52.7 Å². The van der Waals surface area contributed by atoms with Gasteiger partial charge in [0.25, 0.3) is 0 Å². The van der Waals surface area contributed by atoms with Gasteiger partial charge in [0.2, 0.25) is 5.13 Å². The van der Waals surface area contributed by atoms with E-state index in [1.165, 1.54) is 27.7 Å². The monoisotopic (exact) mass is 273 g/mol. The number of anilines is 1. The van der Waals surface area contributed by atoms with Gasteiger partial charge >= 0.3 is 0 Å². The summed E-state index contributed by atoms with van der Waals surface area (Å²) >= 11 is 3.10. The maximum atomic E-state index is 5.55. The van der Waals surface area contributed by atoms with Crippen molar-refractivity contribution in [3.8, 4) is 0 Å². The van der Waals surface area contributed by atoms with Crippen LogP contribution < -0.4 is 5.73 Å². The average Bonchev–Trinajstić information content (AvgIpc) is 2.82. The Morgan fingerprint density at radius 2 is 1.89 bits per heavy atom. The first-order chi connectivity index (χ1) is 8.81. The Bertz CT molecular complexity index is 679. The van der Waals surface area contributed by atoms with E-state index in [-0.39, 0.29) is 0 Å². The zero-order chi connectivity index (χ0) is 12.4. The molecule has 3 rings (SSSR count). The maximum absolute atomic E-state index is 5.55. The number of nitrogens with zero attached hydrogens (tertiary/aromatic N) is 2. The van der Waals surface area contributed by atoms with Gasteiger partial charge in [-0.2, -0.15) is 0 Å². The highest BCUT2D eigenvalue weighted by molar-refractivity contribution is 8.00. The van der Waals surface area contributed by atoms with E-state index in [9.17, 15) is 0 Å². The zero-order valence-electron chi connectivity index (χ0n) is 9.54. The average molecular weight is 273 g/mol. The summed E-state index contributed by atoms with van der Waals surface area (Å²) in [6.45, 7) is 0. The third-order valence-electron chi connectivity index (χ3n) is 2.60. The molecular formula is C13H11N3S2. The van der Waals surface area contributed by atoms with Gasteiger partial charge in [-0.15, -0.1) is 10.2 Å². The Balaban J connectivity index is 1.78. The lowest BCUT2D eigenvalue weighted by Gasteiger charge is -2.02. The molecule has 0 aliphatic carbocycles. The van der Waals surface area contributed by atoms with Gasteiger partial charge in [-0.05, 0) is 16.3 Å². The summed E-state index contributed by atoms with van der Waals surface area (Å²) in [5.41, 5.74) is 6.84. The largest absolute Gasteiger partial charge is 0.374 e. The molecule has 0 bridgehead atoms. The number of thioether (sulfide) groups is 1. The number of nitrogens with two attached hydrogens (primary N) is 1. The molecule has 0 aliphatic rings. The molecule has 1 aromatic heterocycles. The third kappa shape index (κ3) is 2.47. The van der Waals surface area contributed by atoms with Crippen LogP contribution in [0.15, 0.2) is 46.8 Å². The number of hydrogen-bond acceptors (Lipinski definition) is 5. The number of rotatable bonds is 3. The Morgan fingerprint density at radius 3 is 2.67 bits per heavy atom. The van der Waals surface area contributed by atoms with Gasteiger partial charge in [-0.1, -0.05) is 65.6 Å². The molecule has 3 aromatic rings. The first-order valence-electron chi connectivity index (χ1n) is 5.51. The highest BCUT2D eigenvalue weighted by Crippen LogP contribution is 2.27. The predicted molar refractivity (Wildman–Crippen MR) is 77.8 cm³/mol. The van der Waals surface area contributed by atoms with E-state index >= 15 is 0 Å². The number of fused-ring (bicyclic) bond motifs is 1. The van der Waals surface area contributed by atoms with Gasteiger partial charge < -0.3 is 5.73 Å². The van der Waals surface area contributed by atoms with Gasteiger partial charge in [-0.3, -0.25) is 0 Å². The fourth-order valence-corrected chi connectivity index (χ4v) is 3.33. The van der Waals surface area contributed by atoms with Gasteiger partial charge in [-0.25, -0.2) is 0 Å². The Kier molecular flexibility index (Phi) is 3.17. The van der Waals surface area contributed by atoms with Crippen molar-refractivity contribution < 1.29 is 0 Å². The molecule has 0 saturated carbocycles. The lowest BCUT2D eigenvalue weighted by Crippen LogP contribution is -1.81. The summed E-state index contributed by atoms with van der Waals surface area (Å²) in [6.07, 6.45) is 0. The normalized spacial score (nSPS) is 10.9. The van der Waals surface area contributed by atoms with Gasteiger partial charge in [0.15, 0.2) is 4.34 Å². The molecule has 0 saturated heterocycles. The SMILES string of the molecule is Nc1nnc(SCc2ccc3ccccc3c2)s1. The van der Waals surface area contributed by atoms with Crippen molar-refractivity contribution in [1.29, 1.82) is 0 Å². The highest BCUT2D eigenvalue weighted by atomic mass is 32.2. The Morgan fingerprint density at radius 1 is 1.06 bits per heavy atom. The summed E-state index contributed by atoms with van der Waals surface area (Å²) in [7, 11) is 0. The summed E-state index contributed by atoms with van der Waals surface area (Å²) in [5.74, 6) is 0.888. The van der Waals surface area contributed by atoms with Crippen LogP contribution in [0.3, 0.4) is 0 Å². The number of aromatic nitrogens is 2. The first kappa shape index (κ1) is 11.5. The van der Waals surface area contributed by atoms with E-state index in [1.54, 1.807) is 11.8 Å². The van der Waals surface area contributed by atoms with Crippen LogP contribution in [0.2, 0.25) is 0 Å². The van der Waals surface area contributed by atoms with Crippen molar-refractivity contribution in [2.24, 2.45) is 0 Å². The van der Waals surface area contributed by atoms with E-state index in [0.717, 1.165) is 10.1 Å². The fraction of sp³-hybridized carbons (Fsp3) is 0.0769. The lowest BCUT2D eigenvalue weighted by atomic mass is 10.1. The van der Waals surface area contributed by atoms with E-state index in [1.807, 2.05) is 0 Å². The van der Waals surface area contributed by atoms with Crippen molar-refractivity contribution in [3.63, 3.8) is 0 Å². The minimum Gasteiger partial charge on any atom is -0.374 e. The molecule has 2 aromatic carbocycles. The Hall–Kier alpha value is -1.59. The van der Waals surface area contributed by atoms with E-state index < -0.39 is 0 Å². The van der Waals surface area contributed by atoms with Gasteiger partial charge in [0, 0.05) is 5.75 Å². The van der Waals surface area contributed by atoms with Crippen LogP contribution in [0, 0.1) is 0 Å². The van der Waals surface area contributed by atoms with Crippen molar-refractivity contribution in [2.75, 3.05) is 5.73 Å². The second-order valence-corrected chi connectivity index (χ2v) is 6.11. The van der Waals surface area contributed by atoms with Crippen molar-refractivity contribution in [3.05, 3.63) is 48.0 Å². The second kappa shape index (κ2) is 4.96. The van der Waals surface area contributed by atoms with Crippen LogP contribution in [0.25, 0.3) is 10.8 Å². The van der Waals surface area contributed by atoms with Crippen molar-refractivity contribution in [1.82, 2.24) is 10.2 Å². The third-order valence-corrected chi connectivity index (χ3v) is 4.56. The van der Waals surface area contributed by atoms with Crippen LogP contribution in [0.1, 0.15) is 5.56 Å². The predicted octanol–water partition coefficient (Wildman–Crippen LogP) is 3.57. The molecule has 90 valence electrons. The summed E-state index contributed by atoms with van der Waals surface area (Å²) < 4.78 is 0.917. The number of nitrogen functional groups attached to an aromatic ring is 1. The van der Waals surface area contributed by atoms with Crippen LogP contribution in [-0.4, -0.2) is 10.2 Å². The maximum Gasteiger partial charge on any atom is 0.203 e. The molecule has 5 heteroatoms. The molecule has 2 N–H and O–H groups in total. The topological polar surface area (TPSA) is 51.8 Å². The summed E-state index contributed by atoms with van der Waals surface area (Å²) in [6, 6.07) is 14.9. The molecule has 0 fully saturated rings. The molecule has 0 radical (unpaired) electrons. The zero-order valence-corrected chi connectivity index (χ0v) is 11.2. The van der Waals surface area contributed by atoms with Crippen LogP contribution in [0.5, 0.6) is 0 Å². The molecule has 0 aliphatic heterocycles. The van der Waals surface area contributed by atoms with Crippen LogP contribution >= 0.6 is 23.1 Å². The van der Waals surface area contributed by atoms with Gasteiger partial charge in [0.1, 0.15) is 0 Å². The quantitative estimate of drug-likeness (QED) is 0.741. The highest BCUT2D eigenvalue weighted by Gasteiger charge is 2.03. The number of benzene rings is 2. The molecule has 18 heavy (non-hydrogen) atoms. The summed E-state index contributed by atoms with van der Waals surface area (Å²) in [4.78, 5) is 0. The Labute approximate surface area is 113 Å². The van der Waals surface area contributed by atoms with Gasteiger partial charge in [0.05, 0.1) is 0 Å². The van der Waals surface area contributed by atoms with E-state index in [4.69, 9.17) is 5.73 Å². The van der Waals surface area contributed by atoms with Crippen molar-refractivity contribution in [2.45, 2.75) is 10.1 Å².